The molecule has 116 valence electrons. The van der Waals surface area contributed by atoms with Crippen LogP contribution in [0.2, 0.25) is 0 Å². The average molecular weight is 283 g/mol. The monoisotopic (exact) mass is 283 g/mol. The topological polar surface area (TPSA) is 38.8 Å². The second-order valence-corrected chi connectivity index (χ2v) is 7.77. The SMILES string of the molecule is CC1(COCC2CC2)CCCN(C(=O)OC(C)(C)C)C1. The van der Waals surface area contributed by atoms with E-state index in [9.17, 15) is 4.79 Å². The summed E-state index contributed by atoms with van der Waals surface area (Å²) in [4.78, 5) is 14.0. The van der Waals surface area contributed by atoms with E-state index < -0.39 is 5.60 Å². The van der Waals surface area contributed by atoms with Crippen molar-refractivity contribution >= 4 is 6.09 Å². The van der Waals surface area contributed by atoms with Gasteiger partial charge < -0.3 is 14.4 Å². The Morgan fingerprint density at radius 2 is 2.05 bits per heavy atom. The van der Waals surface area contributed by atoms with Crippen LogP contribution in [0.4, 0.5) is 4.79 Å². The van der Waals surface area contributed by atoms with Crippen LogP contribution in [0.25, 0.3) is 0 Å². The molecular weight excluding hydrogens is 254 g/mol. The van der Waals surface area contributed by atoms with E-state index in [0.29, 0.717) is 0 Å². The first-order valence-electron chi connectivity index (χ1n) is 7.83. The minimum Gasteiger partial charge on any atom is -0.444 e. The molecular formula is C16H29NO3. The van der Waals surface area contributed by atoms with Crippen molar-refractivity contribution in [2.75, 3.05) is 26.3 Å². The maximum Gasteiger partial charge on any atom is 0.410 e. The molecule has 1 heterocycles. The van der Waals surface area contributed by atoms with Crippen molar-refractivity contribution in [2.45, 2.75) is 59.0 Å². The van der Waals surface area contributed by atoms with E-state index in [1.807, 2.05) is 25.7 Å². The summed E-state index contributed by atoms with van der Waals surface area (Å²) in [5.74, 6) is 0.796. The third kappa shape index (κ3) is 4.97. The van der Waals surface area contributed by atoms with Gasteiger partial charge in [0.2, 0.25) is 0 Å². The Morgan fingerprint density at radius 3 is 2.65 bits per heavy atom. The van der Waals surface area contributed by atoms with Gasteiger partial charge in [0, 0.05) is 25.1 Å². The molecule has 0 aromatic rings. The number of amides is 1. The third-order valence-electron chi connectivity index (χ3n) is 3.93. The number of likely N-dealkylation sites (tertiary alicyclic amines) is 1. The molecule has 2 fully saturated rings. The smallest absolute Gasteiger partial charge is 0.410 e. The molecule has 2 aliphatic rings. The predicted molar refractivity (Wildman–Crippen MR) is 78.7 cm³/mol. The Bertz CT molecular complexity index is 346. The highest BCUT2D eigenvalue weighted by molar-refractivity contribution is 5.68. The van der Waals surface area contributed by atoms with Gasteiger partial charge in [-0.15, -0.1) is 0 Å². The highest BCUT2D eigenvalue weighted by atomic mass is 16.6. The molecule has 4 nitrogen and oxygen atoms in total. The molecule has 0 radical (unpaired) electrons. The molecule has 1 saturated heterocycles. The summed E-state index contributed by atoms with van der Waals surface area (Å²) in [6.45, 7) is 11.1. The third-order valence-corrected chi connectivity index (χ3v) is 3.93. The van der Waals surface area contributed by atoms with Gasteiger partial charge in [-0.2, -0.15) is 0 Å². The lowest BCUT2D eigenvalue weighted by atomic mass is 9.83. The van der Waals surface area contributed by atoms with Crippen LogP contribution in [0.1, 0.15) is 53.4 Å². The number of carbonyl (C=O) groups is 1. The largest absolute Gasteiger partial charge is 0.444 e. The molecule has 4 heteroatoms. The summed E-state index contributed by atoms with van der Waals surface area (Å²) in [6, 6.07) is 0. The van der Waals surface area contributed by atoms with Crippen molar-refractivity contribution in [3.63, 3.8) is 0 Å². The number of ether oxygens (including phenoxy) is 2. The number of rotatable bonds is 4. The van der Waals surface area contributed by atoms with Gasteiger partial charge in [0.05, 0.1) is 6.61 Å². The molecule has 1 amide bonds. The van der Waals surface area contributed by atoms with Crippen LogP contribution in [0.5, 0.6) is 0 Å². The first-order valence-corrected chi connectivity index (χ1v) is 7.83. The summed E-state index contributed by atoms with van der Waals surface area (Å²) in [5, 5.41) is 0. The first-order chi connectivity index (χ1) is 9.27. The van der Waals surface area contributed by atoms with Crippen LogP contribution in [0.15, 0.2) is 0 Å². The van der Waals surface area contributed by atoms with Gasteiger partial charge >= 0.3 is 6.09 Å². The first kappa shape index (κ1) is 15.6. The zero-order valence-corrected chi connectivity index (χ0v) is 13.4. The van der Waals surface area contributed by atoms with Crippen LogP contribution in [0.3, 0.4) is 0 Å². The van der Waals surface area contributed by atoms with Crippen LogP contribution in [0, 0.1) is 11.3 Å². The molecule has 1 atom stereocenters. The van der Waals surface area contributed by atoms with Crippen LogP contribution in [-0.2, 0) is 9.47 Å². The molecule has 1 aliphatic heterocycles. The van der Waals surface area contributed by atoms with Crippen LogP contribution >= 0.6 is 0 Å². The average Bonchev–Trinajstić information content (AvgIpc) is 3.10. The summed E-state index contributed by atoms with van der Waals surface area (Å²) >= 11 is 0. The second-order valence-electron chi connectivity index (χ2n) is 7.77. The van der Waals surface area contributed by atoms with Gasteiger partial charge in [-0.25, -0.2) is 4.79 Å². The fourth-order valence-electron chi connectivity index (χ4n) is 2.67. The molecule has 1 aliphatic carbocycles. The van der Waals surface area contributed by atoms with E-state index in [0.717, 1.165) is 45.1 Å². The zero-order valence-electron chi connectivity index (χ0n) is 13.4. The van der Waals surface area contributed by atoms with Crippen molar-refractivity contribution in [3.8, 4) is 0 Å². The van der Waals surface area contributed by atoms with E-state index >= 15 is 0 Å². The predicted octanol–water partition coefficient (Wildman–Crippen LogP) is 3.45. The van der Waals surface area contributed by atoms with Gasteiger partial charge in [-0.3, -0.25) is 0 Å². The Hall–Kier alpha value is -0.770. The van der Waals surface area contributed by atoms with Gasteiger partial charge in [0.25, 0.3) is 0 Å². The Kier molecular flexibility index (Phi) is 4.62. The van der Waals surface area contributed by atoms with E-state index in [2.05, 4.69) is 6.92 Å². The number of piperidine rings is 1. The molecule has 0 aromatic heterocycles. The Labute approximate surface area is 122 Å². The normalized spacial score (nSPS) is 27.5. The molecule has 2 rings (SSSR count). The molecule has 20 heavy (non-hydrogen) atoms. The lowest BCUT2D eigenvalue weighted by Gasteiger charge is -2.40. The van der Waals surface area contributed by atoms with E-state index in [-0.39, 0.29) is 11.5 Å². The minimum absolute atomic E-state index is 0.0735. The Balaban J connectivity index is 1.81. The summed E-state index contributed by atoms with van der Waals surface area (Å²) in [7, 11) is 0. The highest BCUT2D eigenvalue weighted by Crippen LogP contribution is 2.33. The van der Waals surface area contributed by atoms with Gasteiger partial charge in [-0.05, 0) is 52.4 Å². The van der Waals surface area contributed by atoms with E-state index in [1.54, 1.807) is 0 Å². The second kappa shape index (κ2) is 5.92. The number of hydrogen-bond acceptors (Lipinski definition) is 3. The summed E-state index contributed by atoms with van der Waals surface area (Å²) < 4.78 is 11.3. The highest BCUT2D eigenvalue weighted by Gasteiger charge is 2.35. The molecule has 1 unspecified atom stereocenters. The lowest BCUT2D eigenvalue weighted by Crippen LogP contribution is -2.48. The molecule has 0 N–H and O–H groups in total. The van der Waals surface area contributed by atoms with Crippen LogP contribution < -0.4 is 0 Å². The molecule has 0 bridgehead atoms. The summed E-state index contributed by atoms with van der Waals surface area (Å²) in [5.41, 5.74) is -0.350. The van der Waals surface area contributed by atoms with E-state index in [4.69, 9.17) is 9.47 Å². The van der Waals surface area contributed by atoms with Crippen molar-refractivity contribution in [3.05, 3.63) is 0 Å². The molecule has 0 spiro atoms. The van der Waals surface area contributed by atoms with Gasteiger partial charge in [-0.1, -0.05) is 6.92 Å². The number of carbonyl (C=O) groups excluding carboxylic acids is 1. The number of nitrogens with zero attached hydrogens (tertiary/aromatic N) is 1. The molecule has 1 saturated carbocycles. The fourth-order valence-corrected chi connectivity index (χ4v) is 2.67. The maximum atomic E-state index is 12.2. The number of hydrogen-bond donors (Lipinski definition) is 0. The lowest BCUT2D eigenvalue weighted by molar-refractivity contribution is -0.0197. The minimum atomic E-state index is -0.423. The van der Waals surface area contributed by atoms with Crippen molar-refractivity contribution < 1.29 is 14.3 Å². The quantitative estimate of drug-likeness (QED) is 0.793. The zero-order chi connectivity index (χ0) is 14.8. The summed E-state index contributed by atoms with van der Waals surface area (Å²) in [6.07, 6.45) is 4.60. The fraction of sp³-hybridized carbons (Fsp3) is 0.938. The van der Waals surface area contributed by atoms with Crippen molar-refractivity contribution in [1.82, 2.24) is 4.90 Å². The maximum absolute atomic E-state index is 12.2. The van der Waals surface area contributed by atoms with Crippen LogP contribution in [-0.4, -0.2) is 42.9 Å². The van der Waals surface area contributed by atoms with E-state index in [1.165, 1.54) is 12.8 Å². The standard InChI is InChI=1S/C16H29NO3/c1-15(2,3)20-14(18)17-9-5-8-16(4,11-17)12-19-10-13-6-7-13/h13H,5-12H2,1-4H3. The van der Waals surface area contributed by atoms with Gasteiger partial charge in [0.1, 0.15) is 5.60 Å². The van der Waals surface area contributed by atoms with Gasteiger partial charge in [0.15, 0.2) is 0 Å². The van der Waals surface area contributed by atoms with Crippen molar-refractivity contribution in [2.24, 2.45) is 11.3 Å². The Morgan fingerprint density at radius 1 is 1.35 bits per heavy atom. The molecule has 0 aromatic carbocycles. The van der Waals surface area contributed by atoms with Crippen molar-refractivity contribution in [1.29, 1.82) is 0 Å².